The van der Waals surface area contributed by atoms with E-state index in [2.05, 4.69) is 12.2 Å². The molecule has 1 saturated carbocycles. The second kappa shape index (κ2) is 7.10. The molecule has 2 fully saturated rings. The molecule has 3 atom stereocenters. The van der Waals surface area contributed by atoms with Gasteiger partial charge < -0.3 is 14.8 Å². The molecule has 0 aromatic rings. The molecule has 4 heteroatoms. The molecule has 0 aromatic carbocycles. The first-order valence-corrected chi connectivity index (χ1v) is 7.30. The topological polar surface area (TPSA) is 47.6 Å². The fraction of sp³-hybridized carbons (Fsp3) is 0.929. The summed E-state index contributed by atoms with van der Waals surface area (Å²) >= 11 is 0. The molecule has 104 valence electrons. The van der Waals surface area contributed by atoms with E-state index in [-0.39, 0.29) is 12.5 Å². The van der Waals surface area contributed by atoms with Crippen LogP contribution in [0.25, 0.3) is 0 Å². The Kier molecular flexibility index (Phi) is 5.45. The second-order valence-electron chi connectivity index (χ2n) is 5.38. The Morgan fingerprint density at radius 2 is 2.33 bits per heavy atom. The number of hydrogen-bond donors (Lipinski definition) is 1. The van der Waals surface area contributed by atoms with Crippen LogP contribution in [-0.2, 0) is 14.3 Å². The molecule has 1 aliphatic carbocycles. The van der Waals surface area contributed by atoms with Gasteiger partial charge in [0.15, 0.2) is 0 Å². The highest BCUT2D eigenvalue weighted by Gasteiger charge is 2.45. The van der Waals surface area contributed by atoms with Gasteiger partial charge in [0.2, 0.25) is 5.91 Å². The molecular weight excluding hydrogens is 230 g/mol. The standard InChI is InChI=1S/C14H25NO3/c1-2-3-4-7-17-10-14(16)15-12-9-11(12)13-6-5-8-18-13/h11-13H,2-10H2,1H3,(H,15,16)/t11-,12-,13?/m1/s1. The summed E-state index contributed by atoms with van der Waals surface area (Å²) in [6.07, 6.45) is 7.19. The van der Waals surface area contributed by atoms with E-state index in [1.807, 2.05) is 0 Å². The van der Waals surface area contributed by atoms with Crippen molar-refractivity contribution in [3.63, 3.8) is 0 Å². The van der Waals surface area contributed by atoms with Crippen LogP contribution in [0.3, 0.4) is 0 Å². The van der Waals surface area contributed by atoms with Gasteiger partial charge in [-0.3, -0.25) is 4.79 Å². The Morgan fingerprint density at radius 3 is 3.06 bits per heavy atom. The van der Waals surface area contributed by atoms with Crippen LogP contribution in [-0.4, -0.2) is 37.9 Å². The number of ether oxygens (including phenoxy) is 2. The first kappa shape index (κ1) is 13.8. The maximum atomic E-state index is 11.6. The summed E-state index contributed by atoms with van der Waals surface area (Å²) in [6, 6.07) is 0.333. The smallest absolute Gasteiger partial charge is 0.246 e. The normalized spacial score (nSPS) is 30.4. The lowest BCUT2D eigenvalue weighted by molar-refractivity contribution is -0.126. The summed E-state index contributed by atoms with van der Waals surface area (Å²) in [7, 11) is 0. The highest BCUT2D eigenvalue weighted by molar-refractivity contribution is 5.77. The van der Waals surface area contributed by atoms with Gasteiger partial charge in [-0.15, -0.1) is 0 Å². The average molecular weight is 255 g/mol. The van der Waals surface area contributed by atoms with E-state index in [4.69, 9.17) is 9.47 Å². The van der Waals surface area contributed by atoms with Crippen LogP contribution in [0.1, 0.15) is 45.4 Å². The molecule has 1 unspecified atom stereocenters. The van der Waals surface area contributed by atoms with Crippen LogP contribution < -0.4 is 5.32 Å². The third kappa shape index (κ3) is 4.25. The van der Waals surface area contributed by atoms with Crippen molar-refractivity contribution in [1.82, 2.24) is 5.32 Å². The third-order valence-corrected chi connectivity index (χ3v) is 3.75. The molecular formula is C14H25NO3. The number of nitrogens with one attached hydrogen (secondary N) is 1. The molecule has 1 amide bonds. The fourth-order valence-corrected chi connectivity index (χ4v) is 2.60. The Balaban J connectivity index is 1.50. The molecule has 0 radical (unpaired) electrons. The maximum Gasteiger partial charge on any atom is 0.246 e. The van der Waals surface area contributed by atoms with Crippen molar-refractivity contribution in [1.29, 1.82) is 0 Å². The van der Waals surface area contributed by atoms with E-state index in [1.165, 1.54) is 19.3 Å². The van der Waals surface area contributed by atoms with Crippen LogP contribution in [0.5, 0.6) is 0 Å². The largest absolute Gasteiger partial charge is 0.378 e. The van der Waals surface area contributed by atoms with Crippen molar-refractivity contribution < 1.29 is 14.3 Å². The van der Waals surface area contributed by atoms with Crippen LogP contribution in [0, 0.1) is 5.92 Å². The van der Waals surface area contributed by atoms with Gasteiger partial charge in [-0.05, 0) is 25.7 Å². The molecule has 0 spiro atoms. The van der Waals surface area contributed by atoms with E-state index in [0.29, 0.717) is 24.7 Å². The van der Waals surface area contributed by atoms with Crippen LogP contribution in [0.4, 0.5) is 0 Å². The molecule has 1 saturated heterocycles. The highest BCUT2D eigenvalue weighted by Crippen LogP contribution is 2.39. The predicted octanol–water partition coefficient (Wildman–Crippen LogP) is 1.88. The van der Waals surface area contributed by atoms with Crippen molar-refractivity contribution in [2.45, 2.75) is 57.6 Å². The minimum atomic E-state index is 0.0250. The SMILES string of the molecule is CCCCCOCC(=O)N[C@@H]1C[C@H]1C1CCCO1. The second-order valence-corrected chi connectivity index (χ2v) is 5.38. The van der Waals surface area contributed by atoms with E-state index in [9.17, 15) is 4.79 Å². The first-order valence-electron chi connectivity index (χ1n) is 7.30. The van der Waals surface area contributed by atoms with Crippen LogP contribution >= 0.6 is 0 Å². The van der Waals surface area contributed by atoms with Gasteiger partial charge in [0.1, 0.15) is 6.61 Å². The number of unbranched alkanes of at least 4 members (excludes halogenated alkanes) is 2. The number of rotatable bonds is 8. The molecule has 2 aliphatic rings. The van der Waals surface area contributed by atoms with Gasteiger partial charge >= 0.3 is 0 Å². The zero-order valence-corrected chi connectivity index (χ0v) is 11.3. The van der Waals surface area contributed by atoms with E-state index in [1.54, 1.807) is 0 Å². The summed E-state index contributed by atoms with van der Waals surface area (Å²) in [4.78, 5) is 11.6. The molecule has 2 rings (SSSR count). The van der Waals surface area contributed by atoms with Gasteiger partial charge in [0.25, 0.3) is 0 Å². The lowest BCUT2D eigenvalue weighted by atomic mass is 10.1. The van der Waals surface area contributed by atoms with Crippen molar-refractivity contribution in [2.75, 3.05) is 19.8 Å². The molecule has 0 aromatic heterocycles. The zero-order chi connectivity index (χ0) is 12.8. The molecule has 18 heavy (non-hydrogen) atoms. The van der Waals surface area contributed by atoms with Crippen molar-refractivity contribution in [3.05, 3.63) is 0 Å². The monoisotopic (exact) mass is 255 g/mol. The Bertz CT molecular complexity index is 264. The predicted molar refractivity (Wildman–Crippen MR) is 69.4 cm³/mol. The molecule has 1 aliphatic heterocycles. The Hall–Kier alpha value is -0.610. The summed E-state index contributed by atoms with van der Waals surface area (Å²) in [5.41, 5.74) is 0. The summed E-state index contributed by atoms with van der Waals surface area (Å²) in [6.45, 7) is 3.95. The highest BCUT2D eigenvalue weighted by atomic mass is 16.5. The number of hydrogen-bond acceptors (Lipinski definition) is 3. The average Bonchev–Trinajstić information content (AvgIpc) is 2.91. The molecule has 0 bridgehead atoms. The maximum absolute atomic E-state index is 11.6. The number of carbonyl (C=O) groups is 1. The third-order valence-electron chi connectivity index (χ3n) is 3.75. The van der Waals surface area contributed by atoms with Gasteiger partial charge in [-0.1, -0.05) is 19.8 Å². The molecule has 4 nitrogen and oxygen atoms in total. The minimum Gasteiger partial charge on any atom is -0.378 e. The molecule has 1 heterocycles. The Labute approximate surface area is 109 Å². The van der Waals surface area contributed by atoms with Crippen LogP contribution in [0.2, 0.25) is 0 Å². The van der Waals surface area contributed by atoms with Gasteiger partial charge in [-0.25, -0.2) is 0 Å². The first-order chi connectivity index (χ1) is 8.81. The fourth-order valence-electron chi connectivity index (χ4n) is 2.60. The number of carbonyl (C=O) groups excluding carboxylic acids is 1. The zero-order valence-electron chi connectivity index (χ0n) is 11.3. The van der Waals surface area contributed by atoms with Crippen molar-refractivity contribution in [2.24, 2.45) is 5.92 Å². The van der Waals surface area contributed by atoms with Crippen molar-refractivity contribution >= 4 is 5.91 Å². The minimum absolute atomic E-state index is 0.0250. The van der Waals surface area contributed by atoms with Gasteiger partial charge in [-0.2, -0.15) is 0 Å². The lowest BCUT2D eigenvalue weighted by Crippen LogP contribution is -2.32. The lowest BCUT2D eigenvalue weighted by Gasteiger charge is -2.09. The Morgan fingerprint density at radius 1 is 1.44 bits per heavy atom. The number of amides is 1. The summed E-state index contributed by atoms with van der Waals surface area (Å²) in [5.74, 6) is 0.577. The van der Waals surface area contributed by atoms with E-state index < -0.39 is 0 Å². The quantitative estimate of drug-likeness (QED) is 0.674. The van der Waals surface area contributed by atoms with E-state index >= 15 is 0 Å². The van der Waals surface area contributed by atoms with Crippen LogP contribution in [0.15, 0.2) is 0 Å². The summed E-state index contributed by atoms with van der Waals surface area (Å²) in [5, 5.41) is 3.03. The summed E-state index contributed by atoms with van der Waals surface area (Å²) < 4.78 is 11.0. The van der Waals surface area contributed by atoms with Crippen molar-refractivity contribution in [3.8, 4) is 0 Å². The van der Waals surface area contributed by atoms with Gasteiger partial charge in [0.05, 0.1) is 6.10 Å². The van der Waals surface area contributed by atoms with Gasteiger partial charge in [0, 0.05) is 25.2 Å². The molecule has 1 N–H and O–H groups in total. The van der Waals surface area contributed by atoms with E-state index in [0.717, 1.165) is 25.9 Å².